The number of aryl methyl sites for hydroxylation is 1. The average molecular weight is 273 g/mol. The average Bonchev–Trinajstić information content (AvgIpc) is 2.84. The number of hydrogen-bond donors (Lipinski definition) is 1. The van der Waals surface area contributed by atoms with Crippen LogP contribution in [0.25, 0.3) is 0 Å². The van der Waals surface area contributed by atoms with Gasteiger partial charge in [0.2, 0.25) is 0 Å². The van der Waals surface area contributed by atoms with Gasteiger partial charge in [-0.2, -0.15) is 0 Å². The minimum atomic E-state index is 0.328. The van der Waals surface area contributed by atoms with Gasteiger partial charge in [-0.15, -0.1) is 11.3 Å². The van der Waals surface area contributed by atoms with Gasteiger partial charge in [-0.25, -0.2) is 4.98 Å². The quantitative estimate of drug-likeness (QED) is 0.934. The van der Waals surface area contributed by atoms with Gasteiger partial charge < -0.3 is 5.73 Å². The first kappa shape index (κ1) is 12.8. The van der Waals surface area contributed by atoms with Crippen molar-refractivity contribution in [2.24, 2.45) is 5.73 Å². The maximum Gasteiger partial charge on any atom is 0.107 e. The number of rotatable bonds is 3. The number of nitrogens with two attached hydrogens (primary N) is 1. The van der Waals surface area contributed by atoms with E-state index in [1.54, 1.807) is 11.3 Å². The monoisotopic (exact) mass is 273 g/mol. The second kappa shape index (κ2) is 5.41. The van der Waals surface area contributed by atoms with Gasteiger partial charge in [0, 0.05) is 30.2 Å². The largest absolute Gasteiger partial charge is 0.329 e. The van der Waals surface area contributed by atoms with Crippen LogP contribution in [0.4, 0.5) is 0 Å². The highest BCUT2D eigenvalue weighted by atomic mass is 32.1. The summed E-state index contributed by atoms with van der Waals surface area (Å²) in [4.78, 5) is 7.02. The summed E-state index contributed by atoms with van der Waals surface area (Å²) in [6.45, 7) is 4.69. The number of fused-ring (bicyclic) bond motifs is 1. The van der Waals surface area contributed by atoms with E-state index < -0.39 is 0 Å². The third-order valence-corrected chi connectivity index (χ3v) is 4.70. The van der Waals surface area contributed by atoms with Crippen molar-refractivity contribution in [1.82, 2.24) is 9.88 Å². The second-order valence-electron chi connectivity index (χ2n) is 5.05. The van der Waals surface area contributed by atoms with Crippen molar-refractivity contribution in [2.75, 3.05) is 13.1 Å². The number of nitrogens with zero attached hydrogens (tertiary/aromatic N) is 2. The first-order valence-electron chi connectivity index (χ1n) is 6.71. The standard InChI is InChI=1S/C15H19N3S/c1-11-10-19-15(17-11)9-18-7-6-12-4-2-3-5-13(12)14(18)8-16/h2-5,10,14H,6-9,16H2,1H3. The molecule has 0 bridgehead atoms. The Labute approximate surface area is 118 Å². The van der Waals surface area contributed by atoms with Gasteiger partial charge in [0.15, 0.2) is 0 Å². The van der Waals surface area contributed by atoms with E-state index in [9.17, 15) is 0 Å². The summed E-state index contributed by atoms with van der Waals surface area (Å²) in [6, 6.07) is 8.99. The van der Waals surface area contributed by atoms with Crippen molar-refractivity contribution in [1.29, 1.82) is 0 Å². The third-order valence-electron chi connectivity index (χ3n) is 3.75. The van der Waals surface area contributed by atoms with E-state index in [0.717, 1.165) is 25.2 Å². The molecule has 0 saturated heterocycles. The van der Waals surface area contributed by atoms with Crippen LogP contribution in [-0.4, -0.2) is 23.0 Å². The Morgan fingerprint density at radius 3 is 3.00 bits per heavy atom. The van der Waals surface area contributed by atoms with E-state index in [1.165, 1.54) is 16.1 Å². The molecule has 3 nitrogen and oxygen atoms in total. The molecule has 3 rings (SSSR count). The number of aromatic nitrogens is 1. The summed E-state index contributed by atoms with van der Waals surface area (Å²) in [5.41, 5.74) is 9.96. The zero-order valence-corrected chi connectivity index (χ0v) is 12.0. The van der Waals surface area contributed by atoms with E-state index in [-0.39, 0.29) is 0 Å². The highest BCUT2D eigenvalue weighted by Gasteiger charge is 2.26. The molecule has 0 fully saturated rings. The van der Waals surface area contributed by atoms with Crippen molar-refractivity contribution in [3.8, 4) is 0 Å². The molecule has 0 radical (unpaired) electrons. The Bertz CT molecular complexity index is 564. The Kier molecular flexibility index (Phi) is 3.64. The van der Waals surface area contributed by atoms with E-state index >= 15 is 0 Å². The number of thiazole rings is 1. The Morgan fingerprint density at radius 1 is 1.42 bits per heavy atom. The Hall–Kier alpha value is -1.23. The molecule has 1 unspecified atom stereocenters. The molecular formula is C15H19N3S. The number of benzene rings is 1. The van der Waals surface area contributed by atoms with Crippen LogP contribution >= 0.6 is 11.3 Å². The number of hydrogen-bond acceptors (Lipinski definition) is 4. The smallest absolute Gasteiger partial charge is 0.107 e. The Morgan fingerprint density at radius 2 is 2.26 bits per heavy atom. The Balaban J connectivity index is 1.84. The lowest BCUT2D eigenvalue weighted by atomic mass is 9.92. The molecule has 0 amide bonds. The molecule has 1 aliphatic heterocycles. The first-order valence-corrected chi connectivity index (χ1v) is 7.59. The van der Waals surface area contributed by atoms with E-state index in [2.05, 4.69) is 39.5 Å². The summed E-state index contributed by atoms with van der Waals surface area (Å²) < 4.78 is 0. The van der Waals surface area contributed by atoms with Gasteiger partial charge in [-0.1, -0.05) is 24.3 Å². The van der Waals surface area contributed by atoms with Crippen LogP contribution in [0.2, 0.25) is 0 Å². The van der Waals surface area contributed by atoms with Crippen LogP contribution in [0.15, 0.2) is 29.6 Å². The van der Waals surface area contributed by atoms with Crippen LogP contribution in [-0.2, 0) is 13.0 Å². The maximum absolute atomic E-state index is 6.01. The predicted octanol–water partition coefficient (Wildman–Crippen LogP) is 2.51. The van der Waals surface area contributed by atoms with Crippen molar-refractivity contribution < 1.29 is 0 Å². The third kappa shape index (κ3) is 2.56. The molecule has 2 aromatic rings. The molecule has 0 spiro atoms. The minimum absolute atomic E-state index is 0.328. The van der Waals surface area contributed by atoms with Crippen LogP contribution in [0.1, 0.15) is 27.9 Å². The topological polar surface area (TPSA) is 42.1 Å². The van der Waals surface area contributed by atoms with Crippen LogP contribution in [0.3, 0.4) is 0 Å². The summed E-state index contributed by atoms with van der Waals surface area (Å²) in [5.74, 6) is 0. The molecule has 2 heterocycles. The van der Waals surface area contributed by atoms with Crippen LogP contribution in [0, 0.1) is 6.92 Å². The fraction of sp³-hybridized carbons (Fsp3) is 0.400. The fourth-order valence-electron chi connectivity index (χ4n) is 2.82. The van der Waals surface area contributed by atoms with Crippen LogP contribution < -0.4 is 5.73 Å². The molecular weight excluding hydrogens is 254 g/mol. The maximum atomic E-state index is 6.01. The summed E-state index contributed by atoms with van der Waals surface area (Å²) in [6.07, 6.45) is 1.11. The van der Waals surface area contributed by atoms with Gasteiger partial charge in [0.1, 0.15) is 5.01 Å². The lowest BCUT2D eigenvalue weighted by molar-refractivity contribution is 0.180. The van der Waals surface area contributed by atoms with Crippen molar-refractivity contribution in [3.63, 3.8) is 0 Å². The molecule has 4 heteroatoms. The predicted molar refractivity (Wildman–Crippen MR) is 79.2 cm³/mol. The summed E-state index contributed by atoms with van der Waals surface area (Å²) in [7, 11) is 0. The van der Waals surface area contributed by atoms with Crippen molar-refractivity contribution in [2.45, 2.75) is 25.9 Å². The summed E-state index contributed by atoms with van der Waals surface area (Å²) >= 11 is 1.74. The lowest BCUT2D eigenvalue weighted by Crippen LogP contribution is -2.38. The minimum Gasteiger partial charge on any atom is -0.329 e. The van der Waals surface area contributed by atoms with Gasteiger partial charge in [0.25, 0.3) is 0 Å². The zero-order valence-electron chi connectivity index (χ0n) is 11.2. The fourth-order valence-corrected chi connectivity index (χ4v) is 3.61. The highest BCUT2D eigenvalue weighted by Crippen LogP contribution is 2.30. The molecule has 1 atom stereocenters. The van der Waals surface area contributed by atoms with Gasteiger partial charge in [0.05, 0.1) is 6.54 Å². The summed E-state index contributed by atoms with van der Waals surface area (Å²) in [5, 5.41) is 3.31. The van der Waals surface area contributed by atoms with Crippen LogP contribution in [0.5, 0.6) is 0 Å². The second-order valence-corrected chi connectivity index (χ2v) is 6.00. The van der Waals surface area contributed by atoms with E-state index in [0.29, 0.717) is 12.6 Å². The molecule has 2 N–H and O–H groups in total. The first-order chi connectivity index (χ1) is 9.28. The zero-order chi connectivity index (χ0) is 13.2. The molecule has 100 valence electrons. The lowest BCUT2D eigenvalue weighted by Gasteiger charge is -2.36. The van der Waals surface area contributed by atoms with Crippen molar-refractivity contribution >= 4 is 11.3 Å². The van der Waals surface area contributed by atoms with E-state index in [1.807, 2.05) is 6.92 Å². The molecule has 1 aromatic carbocycles. The molecule has 0 aliphatic carbocycles. The molecule has 0 saturated carbocycles. The normalized spacial score (nSPS) is 19.4. The van der Waals surface area contributed by atoms with E-state index in [4.69, 9.17) is 5.73 Å². The molecule has 1 aromatic heterocycles. The molecule has 1 aliphatic rings. The van der Waals surface area contributed by atoms with Gasteiger partial charge >= 0.3 is 0 Å². The van der Waals surface area contributed by atoms with Crippen molar-refractivity contribution in [3.05, 3.63) is 51.5 Å². The SMILES string of the molecule is Cc1csc(CN2CCc3ccccc3C2CN)n1. The van der Waals surface area contributed by atoms with Gasteiger partial charge in [-0.3, -0.25) is 4.90 Å². The molecule has 19 heavy (non-hydrogen) atoms. The van der Waals surface area contributed by atoms with Gasteiger partial charge in [-0.05, 0) is 24.5 Å². The highest BCUT2D eigenvalue weighted by molar-refractivity contribution is 7.09.